The van der Waals surface area contributed by atoms with Crippen LogP contribution in [-0.2, 0) is 22.6 Å². The number of rotatable bonds is 9. The number of aliphatic imine (C=N–C) groups is 1. The Labute approximate surface area is 207 Å². The molecule has 1 saturated heterocycles. The Balaban J connectivity index is 0.00000363. The van der Waals surface area contributed by atoms with Crippen LogP contribution in [0.1, 0.15) is 18.1 Å². The van der Waals surface area contributed by atoms with Gasteiger partial charge in [0.2, 0.25) is 0 Å². The molecular formula is C24H34FIN4O2. The smallest absolute Gasteiger partial charge is 0.194 e. The van der Waals surface area contributed by atoms with Crippen molar-refractivity contribution >= 4 is 35.6 Å². The van der Waals surface area contributed by atoms with E-state index in [4.69, 9.17) is 9.47 Å². The van der Waals surface area contributed by atoms with Gasteiger partial charge in [0.1, 0.15) is 5.82 Å². The van der Waals surface area contributed by atoms with Crippen LogP contribution >= 0.6 is 24.0 Å². The summed E-state index contributed by atoms with van der Waals surface area (Å²) in [5.74, 6) is 0.699. The lowest BCUT2D eigenvalue weighted by Crippen LogP contribution is -2.52. The molecule has 32 heavy (non-hydrogen) atoms. The van der Waals surface area contributed by atoms with E-state index in [2.05, 4.69) is 44.4 Å². The largest absolute Gasteiger partial charge is 0.379 e. The highest BCUT2D eigenvalue weighted by molar-refractivity contribution is 14.0. The quantitative estimate of drug-likeness (QED) is 0.220. The van der Waals surface area contributed by atoms with Crippen molar-refractivity contribution < 1.29 is 13.9 Å². The van der Waals surface area contributed by atoms with Crippen LogP contribution in [0, 0.1) is 5.82 Å². The summed E-state index contributed by atoms with van der Waals surface area (Å²) in [4.78, 5) is 9.00. The second-order valence-electron chi connectivity index (χ2n) is 7.42. The lowest BCUT2D eigenvalue weighted by Gasteiger charge is -2.37. The number of halogens is 2. The van der Waals surface area contributed by atoms with Gasteiger partial charge in [0.25, 0.3) is 0 Å². The molecule has 0 aliphatic carbocycles. The van der Waals surface area contributed by atoms with Gasteiger partial charge >= 0.3 is 0 Å². The maximum absolute atomic E-state index is 13.2. The lowest BCUT2D eigenvalue weighted by atomic mass is 10.1. The highest BCUT2D eigenvalue weighted by atomic mass is 127. The van der Waals surface area contributed by atoms with Crippen LogP contribution in [0.25, 0.3) is 0 Å². The normalized spacial score (nSPS) is 14.3. The molecule has 0 spiro atoms. The molecule has 0 aromatic heterocycles. The molecule has 0 saturated carbocycles. The van der Waals surface area contributed by atoms with Crippen molar-refractivity contribution in [2.24, 2.45) is 4.99 Å². The third-order valence-electron chi connectivity index (χ3n) is 5.27. The summed E-state index contributed by atoms with van der Waals surface area (Å²) < 4.78 is 24.1. The number of piperazine rings is 1. The van der Waals surface area contributed by atoms with Crippen LogP contribution in [0.5, 0.6) is 0 Å². The van der Waals surface area contributed by atoms with Gasteiger partial charge in [0.05, 0.1) is 19.8 Å². The highest BCUT2D eigenvalue weighted by Crippen LogP contribution is 2.17. The molecule has 0 radical (unpaired) electrons. The number of ether oxygens (including phenoxy) is 2. The second-order valence-corrected chi connectivity index (χ2v) is 7.42. The summed E-state index contributed by atoms with van der Waals surface area (Å²) in [6.07, 6.45) is 0. The molecular weight excluding hydrogens is 522 g/mol. The Morgan fingerprint density at radius 1 is 1.00 bits per heavy atom. The standard InChI is InChI=1S/C24H33FN4O2.HI/c1-3-30-15-16-31-19-21-6-4-5-20(17-21)18-27-24(26-2)29-13-11-28(12-14-29)23-9-7-22(25)8-10-23;/h4-10,17H,3,11-16,18-19H2,1-2H3,(H,26,27);1H. The summed E-state index contributed by atoms with van der Waals surface area (Å²) in [7, 11) is 1.82. The first-order valence-corrected chi connectivity index (χ1v) is 10.9. The van der Waals surface area contributed by atoms with Crippen molar-refractivity contribution in [2.75, 3.05) is 57.9 Å². The molecule has 1 heterocycles. The van der Waals surface area contributed by atoms with Gasteiger partial charge in [-0.2, -0.15) is 0 Å². The minimum atomic E-state index is -0.201. The SMILES string of the molecule is CCOCCOCc1cccc(CNC(=NC)N2CCN(c3ccc(F)cc3)CC2)c1.I. The molecule has 8 heteroatoms. The van der Waals surface area contributed by atoms with Crippen LogP contribution in [0.3, 0.4) is 0 Å². The molecule has 1 fully saturated rings. The predicted octanol–water partition coefficient (Wildman–Crippen LogP) is 3.89. The van der Waals surface area contributed by atoms with Crippen molar-refractivity contribution in [1.82, 2.24) is 10.2 Å². The third-order valence-corrected chi connectivity index (χ3v) is 5.27. The minimum Gasteiger partial charge on any atom is -0.379 e. The van der Waals surface area contributed by atoms with E-state index in [1.54, 1.807) is 0 Å². The second kappa shape index (κ2) is 14.3. The van der Waals surface area contributed by atoms with Crippen LogP contribution in [0.4, 0.5) is 10.1 Å². The zero-order valence-electron chi connectivity index (χ0n) is 18.9. The fourth-order valence-electron chi connectivity index (χ4n) is 3.62. The molecule has 1 N–H and O–H groups in total. The summed E-state index contributed by atoms with van der Waals surface area (Å²) in [6, 6.07) is 15.1. The van der Waals surface area contributed by atoms with Gasteiger partial charge in [-0.3, -0.25) is 4.99 Å². The van der Waals surface area contributed by atoms with E-state index < -0.39 is 0 Å². The maximum Gasteiger partial charge on any atom is 0.194 e. The third kappa shape index (κ3) is 8.22. The van der Waals surface area contributed by atoms with Gasteiger partial charge in [0, 0.05) is 52.1 Å². The van der Waals surface area contributed by atoms with Gasteiger partial charge in [-0.15, -0.1) is 24.0 Å². The summed E-state index contributed by atoms with van der Waals surface area (Å²) in [6.45, 7) is 8.70. The van der Waals surface area contributed by atoms with Gasteiger partial charge in [-0.05, 0) is 42.3 Å². The summed E-state index contributed by atoms with van der Waals surface area (Å²) in [5, 5.41) is 3.48. The zero-order chi connectivity index (χ0) is 21.9. The molecule has 0 amide bonds. The maximum atomic E-state index is 13.2. The average Bonchev–Trinajstić information content (AvgIpc) is 2.81. The van der Waals surface area contributed by atoms with E-state index in [9.17, 15) is 4.39 Å². The number of anilines is 1. The van der Waals surface area contributed by atoms with E-state index in [1.165, 1.54) is 17.7 Å². The fraction of sp³-hybridized carbons (Fsp3) is 0.458. The van der Waals surface area contributed by atoms with Crippen LogP contribution in [0.2, 0.25) is 0 Å². The molecule has 1 aliphatic rings. The van der Waals surface area contributed by atoms with Crippen LogP contribution < -0.4 is 10.2 Å². The Bertz CT molecular complexity index is 827. The van der Waals surface area contributed by atoms with Crippen LogP contribution in [-0.4, -0.2) is 63.9 Å². The number of nitrogens with one attached hydrogen (secondary N) is 1. The van der Waals surface area contributed by atoms with E-state index in [1.807, 2.05) is 26.1 Å². The van der Waals surface area contributed by atoms with Gasteiger partial charge in [-0.1, -0.05) is 24.3 Å². The van der Waals surface area contributed by atoms with Crippen molar-refractivity contribution in [3.05, 3.63) is 65.5 Å². The number of hydrogen-bond acceptors (Lipinski definition) is 4. The van der Waals surface area contributed by atoms with E-state index in [0.29, 0.717) is 33.0 Å². The first kappa shape index (κ1) is 26.3. The van der Waals surface area contributed by atoms with Crippen molar-refractivity contribution in [2.45, 2.75) is 20.1 Å². The molecule has 2 aromatic rings. The first-order valence-electron chi connectivity index (χ1n) is 10.9. The molecule has 0 unspecified atom stereocenters. The van der Waals surface area contributed by atoms with Crippen molar-refractivity contribution in [1.29, 1.82) is 0 Å². The number of hydrogen-bond donors (Lipinski definition) is 1. The monoisotopic (exact) mass is 556 g/mol. The zero-order valence-corrected chi connectivity index (χ0v) is 21.3. The molecule has 176 valence electrons. The lowest BCUT2D eigenvalue weighted by molar-refractivity contribution is 0.0453. The molecule has 3 rings (SSSR count). The molecule has 1 aliphatic heterocycles. The van der Waals surface area contributed by atoms with Crippen molar-refractivity contribution in [3.63, 3.8) is 0 Å². The van der Waals surface area contributed by atoms with Gasteiger partial charge in [0.15, 0.2) is 5.96 Å². The Hall–Kier alpha value is -1.91. The topological polar surface area (TPSA) is 49.3 Å². The van der Waals surface area contributed by atoms with E-state index >= 15 is 0 Å². The Kier molecular flexibility index (Phi) is 11.8. The van der Waals surface area contributed by atoms with Gasteiger partial charge < -0.3 is 24.6 Å². The highest BCUT2D eigenvalue weighted by Gasteiger charge is 2.19. The summed E-state index contributed by atoms with van der Waals surface area (Å²) in [5.41, 5.74) is 3.40. The van der Waals surface area contributed by atoms with E-state index in [-0.39, 0.29) is 29.8 Å². The van der Waals surface area contributed by atoms with E-state index in [0.717, 1.165) is 43.4 Å². The first-order chi connectivity index (χ1) is 15.2. The Morgan fingerprint density at radius 2 is 1.69 bits per heavy atom. The fourth-order valence-corrected chi connectivity index (χ4v) is 3.62. The van der Waals surface area contributed by atoms with Crippen LogP contribution in [0.15, 0.2) is 53.5 Å². The van der Waals surface area contributed by atoms with Gasteiger partial charge in [-0.25, -0.2) is 4.39 Å². The summed E-state index contributed by atoms with van der Waals surface area (Å²) >= 11 is 0. The molecule has 2 aromatic carbocycles. The number of guanidine groups is 1. The number of nitrogens with zero attached hydrogens (tertiary/aromatic N) is 3. The average molecular weight is 556 g/mol. The van der Waals surface area contributed by atoms with Crippen molar-refractivity contribution in [3.8, 4) is 0 Å². The Morgan fingerprint density at radius 3 is 2.38 bits per heavy atom. The molecule has 6 nitrogen and oxygen atoms in total. The molecule has 0 bridgehead atoms. The minimum absolute atomic E-state index is 0. The number of benzene rings is 2. The predicted molar refractivity (Wildman–Crippen MR) is 138 cm³/mol. The molecule has 0 atom stereocenters.